The molecule has 90 valence electrons. The summed E-state index contributed by atoms with van der Waals surface area (Å²) in [6.07, 6.45) is 2.66. The van der Waals surface area contributed by atoms with Crippen LogP contribution in [-0.4, -0.2) is 23.6 Å². The molecule has 0 unspecified atom stereocenters. The van der Waals surface area contributed by atoms with Crippen molar-refractivity contribution in [2.24, 2.45) is 0 Å². The topological polar surface area (TPSA) is 47.0 Å². The highest BCUT2D eigenvalue weighted by Crippen LogP contribution is 2.14. The van der Waals surface area contributed by atoms with Crippen molar-refractivity contribution in [3.8, 4) is 5.88 Å². The summed E-state index contributed by atoms with van der Waals surface area (Å²) in [5.41, 5.74) is 2.11. The molecule has 5 heteroatoms. The first-order chi connectivity index (χ1) is 8.28. The van der Waals surface area contributed by atoms with Crippen LogP contribution in [0.5, 0.6) is 5.88 Å². The van der Waals surface area contributed by atoms with Crippen LogP contribution >= 0.6 is 11.3 Å². The largest absolute Gasteiger partial charge is 0.481 e. The van der Waals surface area contributed by atoms with Crippen molar-refractivity contribution in [1.82, 2.24) is 9.97 Å². The van der Waals surface area contributed by atoms with Crippen LogP contribution in [-0.2, 0) is 6.42 Å². The zero-order valence-electron chi connectivity index (χ0n) is 9.93. The number of rotatable bonds is 5. The van der Waals surface area contributed by atoms with E-state index in [0.717, 1.165) is 29.4 Å². The molecular weight excluding hydrogens is 234 g/mol. The molecule has 0 saturated heterocycles. The van der Waals surface area contributed by atoms with Gasteiger partial charge in [0, 0.05) is 42.0 Å². The average molecular weight is 249 g/mol. The highest BCUT2D eigenvalue weighted by Gasteiger charge is 1.99. The minimum atomic E-state index is 0.625. The van der Waals surface area contributed by atoms with Crippen LogP contribution in [0.3, 0.4) is 0 Å². The van der Waals surface area contributed by atoms with Gasteiger partial charge in [-0.3, -0.25) is 0 Å². The van der Waals surface area contributed by atoms with E-state index >= 15 is 0 Å². The summed E-state index contributed by atoms with van der Waals surface area (Å²) >= 11 is 1.70. The lowest BCUT2D eigenvalue weighted by atomic mass is 10.3. The smallest absolute Gasteiger partial charge is 0.214 e. The molecule has 0 amide bonds. The number of hydrogen-bond donors (Lipinski definition) is 1. The summed E-state index contributed by atoms with van der Waals surface area (Å²) < 4.78 is 5.06. The van der Waals surface area contributed by atoms with Crippen molar-refractivity contribution in [2.75, 3.05) is 19.0 Å². The summed E-state index contributed by atoms with van der Waals surface area (Å²) in [6, 6.07) is 3.81. The molecule has 1 N–H and O–H groups in total. The van der Waals surface area contributed by atoms with E-state index in [1.54, 1.807) is 24.6 Å². The van der Waals surface area contributed by atoms with Crippen molar-refractivity contribution in [2.45, 2.75) is 13.3 Å². The van der Waals surface area contributed by atoms with Gasteiger partial charge in [-0.05, 0) is 13.0 Å². The molecule has 0 aliphatic heterocycles. The predicted molar refractivity (Wildman–Crippen MR) is 69.8 cm³/mol. The predicted octanol–water partition coefficient (Wildman–Crippen LogP) is 2.51. The Kier molecular flexibility index (Phi) is 3.93. The molecule has 17 heavy (non-hydrogen) atoms. The minimum absolute atomic E-state index is 0.625. The molecule has 0 aliphatic carbocycles. The van der Waals surface area contributed by atoms with Gasteiger partial charge in [-0.2, -0.15) is 0 Å². The van der Waals surface area contributed by atoms with E-state index in [9.17, 15) is 0 Å². The molecule has 2 aromatic rings. The number of aryl methyl sites for hydroxylation is 1. The van der Waals surface area contributed by atoms with Crippen LogP contribution in [0, 0.1) is 6.92 Å². The number of nitrogens with zero attached hydrogens (tertiary/aromatic N) is 2. The third-order valence-corrected chi connectivity index (χ3v) is 3.30. The molecule has 0 saturated carbocycles. The number of anilines is 1. The lowest BCUT2D eigenvalue weighted by molar-refractivity contribution is 0.398. The number of aromatic nitrogens is 2. The van der Waals surface area contributed by atoms with Gasteiger partial charge in [-0.1, -0.05) is 0 Å². The quantitative estimate of drug-likeness (QED) is 0.884. The molecule has 2 heterocycles. The van der Waals surface area contributed by atoms with E-state index in [2.05, 4.69) is 20.7 Å². The van der Waals surface area contributed by atoms with Crippen LogP contribution in [0.4, 0.5) is 5.69 Å². The fourth-order valence-corrected chi connectivity index (χ4v) is 2.24. The first kappa shape index (κ1) is 11.9. The maximum absolute atomic E-state index is 5.06. The number of methoxy groups -OCH3 is 1. The molecule has 0 atom stereocenters. The third kappa shape index (κ3) is 3.42. The van der Waals surface area contributed by atoms with Crippen molar-refractivity contribution < 1.29 is 4.74 Å². The lowest BCUT2D eigenvalue weighted by Gasteiger charge is -2.06. The third-order valence-electron chi connectivity index (χ3n) is 2.28. The fraction of sp³-hybridized carbons (Fsp3) is 0.333. The maximum atomic E-state index is 5.06. The zero-order valence-corrected chi connectivity index (χ0v) is 10.8. The Hall–Kier alpha value is -1.62. The molecule has 2 rings (SSSR count). The lowest BCUT2D eigenvalue weighted by Crippen LogP contribution is -2.05. The highest BCUT2D eigenvalue weighted by atomic mass is 32.1. The molecule has 4 nitrogen and oxygen atoms in total. The van der Waals surface area contributed by atoms with Crippen molar-refractivity contribution in [1.29, 1.82) is 0 Å². The normalized spacial score (nSPS) is 10.2. The van der Waals surface area contributed by atoms with Gasteiger partial charge in [-0.25, -0.2) is 9.97 Å². The van der Waals surface area contributed by atoms with Gasteiger partial charge in [0.2, 0.25) is 5.88 Å². The SMILES string of the molecule is COc1cc(NCCc2nc(C)cs2)ccn1. The van der Waals surface area contributed by atoms with E-state index < -0.39 is 0 Å². The van der Waals surface area contributed by atoms with E-state index in [0.29, 0.717) is 5.88 Å². The Bertz CT molecular complexity index is 484. The second kappa shape index (κ2) is 5.63. The standard InChI is InChI=1S/C12H15N3OS/c1-9-8-17-12(15-9)4-6-13-10-3-5-14-11(7-10)16-2/h3,5,7-8H,4,6H2,1-2H3,(H,13,14). The van der Waals surface area contributed by atoms with E-state index in [4.69, 9.17) is 4.74 Å². The van der Waals surface area contributed by atoms with Crippen LogP contribution < -0.4 is 10.1 Å². The summed E-state index contributed by atoms with van der Waals surface area (Å²) in [6.45, 7) is 2.88. The van der Waals surface area contributed by atoms with E-state index in [-0.39, 0.29) is 0 Å². The summed E-state index contributed by atoms with van der Waals surface area (Å²) in [5, 5.41) is 6.56. The minimum Gasteiger partial charge on any atom is -0.481 e. The fourth-order valence-electron chi connectivity index (χ4n) is 1.46. The van der Waals surface area contributed by atoms with Crippen LogP contribution in [0.25, 0.3) is 0 Å². The van der Waals surface area contributed by atoms with E-state index in [1.165, 1.54) is 0 Å². The van der Waals surface area contributed by atoms with Gasteiger partial charge in [0.05, 0.1) is 12.1 Å². The van der Waals surface area contributed by atoms with Crippen LogP contribution in [0.2, 0.25) is 0 Å². The number of hydrogen-bond acceptors (Lipinski definition) is 5. The number of ether oxygens (including phenoxy) is 1. The molecule has 0 fully saturated rings. The van der Waals surface area contributed by atoms with Gasteiger partial charge in [-0.15, -0.1) is 11.3 Å². The zero-order chi connectivity index (χ0) is 12.1. The van der Waals surface area contributed by atoms with E-state index in [1.807, 2.05) is 19.1 Å². The van der Waals surface area contributed by atoms with Gasteiger partial charge >= 0.3 is 0 Å². The summed E-state index contributed by atoms with van der Waals surface area (Å²) in [5.74, 6) is 0.625. The Labute approximate surface area is 105 Å². The number of nitrogens with one attached hydrogen (secondary N) is 1. The molecule has 2 aromatic heterocycles. The molecule has 0 bridgehead atoms. The number of pyridine rings is 1. The summed E-state index contributed by atoms with van der Waals surface area (Å²) in [4.78, 5) is 8.47. The van der Waals surface area contributed by atoms with Crippen LogP contribution in [0.1, 0.15) is 10.7 Å². The average Bonchev–Trinajstić information content (AvgIpc) is 2.75. The Balaban J connectivity index is 1.85. The summed E-state index contributed by atoms with van der Waals surface area (Å²) in [7, 11) is 1.62. The van der Waals surface area contributed by atoms with Gasteiger partial charge in [0.25, 0.3) is 0 Å². The molecule has 0 aromatic carbocycles. The monoisotopic (exact) mass is 249 g/mol. The first-order valence-electron chi connectivity index (χ1n) is 5.43. The number of thiazole rings is 1. The van der Waals surface area contributed by atoms with Crippen molar-refractivity contribution in [3.63, 3.8) is 0 Å². The maximum Gasteiger partial charge on any atom is 0.214 e. The Morgan fingerprint density at radius 1 is 1.47 bits per heavy atom. The van der Waals surface area contributed by atoms with Crippen molar-refractivity contribution in [3.05, 3.63) is 34.4 Å². The molecule has 0 spiro atoms. The highest BCUT2D eigenvalue weighted by molar-refractivity contribution is 7.09. The molecule has 0 aliphatic rings. The first-order valence-corrected chi connectivity index (χ1v) is 6.31. The van der Waals surface area contributed by atoms with Gasteiger partial charge in [0.1, 0.15) is 0 Å². The molecular formula is C12H15N3OS. The second-order valence-corrected chi connectivity index (χ2v) is 4.59. The van der Waals surface area contributed by atoms with Crippen LogP contribution in [0.15, 0.2) is 23.7 Å². The Morgan fingerprint density at radius 2 is 2.35 bits per heavy atom. The second-order valence-electron chi connectivity index (χ2n) is 3.65. The van der Waals surface area contributed by atoms with Gasteiger partial charge in [0.15, 0.2) is 0 Å². The van der Waals surface area contributed by atoms with Gasteiger partial charge < -0.3 is 10.1 Å². The Morgan fingerprint density at radius 3 is 3.06 bits per heavy atom. The molecule has 0 radical (unpaired) electrons. The van der Waals surface area contributed by atoms with Crippen molar-refractivity contribution >= 4 is 17.0 Å².